The van der Waals surface area contributed by atoms with Crippen molar-refractivity contribution >= 4 is 5.91 Å². The first kappa shape index (κ1) is 21.8. The van der Waals surface area contributed by atoms with Crippen molar-refractivity contribution in [1.82, 2.24) is 15.1 Å². The number of phenolic OH excluding ortho intramolecular Hbond substituents is 1. The molecule has 1 aliphatic rings. The average molecular weight is 458 g/mol. The summed E-state index contributed by atoms with van der Waals surface area (Å²) in [5.41, 5.74) is 3.20. The van der Waals surface area contributed by atoms with Gasteiger partial charge in [-0.3, -0.25) is 9.89 Å². The number of fused-ring (bicyclic) bond motifs is 1. The third kappa shape index (κ3) is 4.05. The molecule has 3 heterocycles. The summed E-state index contributed by atoms with van der Waals surface area (Å²) in [5.74, 6) is 1.40. The summed E-state index contributed by atoms with van der Waals surface area (Å²) in [6.45, 7) is 3.12. The van der Waals surface area contributed by atoms with E-state index in [4.69, 9.17) is 9.15 Å². The molecule has 34 heavy (non-hydrogen) atoms. The van der Waals surface area contributed by atoms with Crippen LogP contribution in [-0.4, -0.2) is 32.7 Å². The fourth-order valence-electron chi connectivity index (χ4n) is 4.47. The molecule has 0 saturated heterocycles. The molecule has 2 aromatic heterocycles. The number of hydrogen-bond donors (Lipinski definition) is 2. The second-order valence-corrected chi connectivity index (χ2v) is 8.42. The van der Waals surface area contributed by atoms with Crippen LogP contribution in [0.2, 0.25) is 0 Å². The van der Waals surface area contributed by atoms with Crippen molar-refractivity contribution < 1.29 is 19.1 Å². The number of H-pyrrole nitrogens is 1. The molecule has 2 N–H and O–H groups in total. The zero-order chi connectivity index (χ0) is 23.5. The number of phenols is 1. The van der Waals surface area contributed by atoms with Gasteiger partial charge in [0.2, 0.25) is 0 Å². The van der Waals surface area contributed by atoms with Gasteiger partial charge in [-0.25, -0.2) is 0 Å². The lowest BCUT2D eigenvalue weighted by Crippen LogP contribution is -2.29. The highest BCUT2D eigenvalue weighted by atomic mass is 16.5. The Labute approximate surface area is 198 Å². The van der Waals surface area contributed by atoms with Crippen molar-refractivity contribution in [3.8, 4) is 22.8 Å². The van der Waals surface area contributed by atoms with Gasteiger partial charge in [-0.2, -0.15) is 5.10 Å². The number of benzene rings is 2. The standard InChI is InChI=1S/C27H27N3O4/c1-2-3-6-14-33-19-10-7-9-18(16-19)26-23-24(21-12-4-5-13-22(21)31)28-29-25(23)27(32)30(26)17-20-11-8-15-34-20/h4-5,7-13,15-16,26,31H,2-3,6,14,17H2,1H3,(H,28,29)/t26-/m1/s1. The van der Waals surface area contributed by atoms with E-state index in [1.807, 2.05) is 42.5 Å². The molecule has 174 valence electrons. The smallest absolute Gasteiger partial charge is 0.273 e. The van der Waals surface area contributed by atoms with Crippen LogP contribution in [0.25, 0.3) is 11.3 Å². The summed E-state index contributed by atoms with van der Waals surface area (Å²) < 4.78 is 11.5. The fourth-order valence-corrected chi connectivity index (χ4v) is 4.47. The summed E-state index contributed by atoms with van der Waals surface area (Å²) in [6, 6.07) is 18.1. The third-order valence-corrected chi connectivity index (χ3v) is 6.12. The van der Waals surface area contributed by atoms with Crippen LogP contribution in [0.1, 0.15) is 59.6 Å². The van der Waals surface area contributed by atoms with E-state index in [-0.39, 0.29) is 11.7 Å². The molecular formula is C27H27N3O4. The van der Waals surface area contributed by atoms with Crippen LogP contribution in [-0.2, 0) is 6.54 Å². The largest absolute Gasteiger partial charge is 0.507 e. The Morgan fingerprint density at radius 3 is 2.79 bits per heavy atom. The number of aromatic hydroxyl groups is 1. The van der Waals surface area contributed by atoms with Crippen LogP contribution >= 0.6 is 0 Å². The Morgan fingerprint density at radius 2 is 2.00 bits per heavy atom. The highest BCUT2D eigenvalue weighted by Crippen LogP contribution is 2.45. The molecule has 0 radical (unpaired) electrons. The summed E-state index contributed by atoms with van der Waals surface area (Å²) in [6.07, 6.45) is 4.85. The van der Waals surface area contributed by atoms with Crippen molar-refractivity contribution in [2.45, 2.75) is 38.8 Å². The first-order valence-corrected chi connectivity index (χ1v) is 11.6. The van der Waals surface area contributed by atoms with Gasteiger partial charge >= 0.3 is 0 Å². The zero-order valence-corrected chi connectivity index (χ0v) is 19.0. The lowest BCUT2D eigenvalue weighted by molar-refractivity contribution is 0.0716. The van der Waals surface area contributed by atoms with Gasteiger partial charge in [-0.15, -0.1) is 0 Å². The molecule has 0 unspecified atom stereocenters. The van der Waals surface area contributed by atoms with Gasteiger partial charge in [-0.05, 0) is 48.4 Å². The number of aromatic nitrogens is 2. The van der Waals surface area contributed by atoms with Gasteiger partial charge in [0.25, 0.3) is 5.91 Å². The number of furan rings is 1. The number of carbonyl (C=O) groups is 1. The third-order valence-electron chi connectivity index (χ3n) is 6.12. The number of nitrogens with one attached hydrogen (secondary N) is 1. The lowest BCUT2D eigenvalue weighted by atomic mass is 9.95. The molecule has 0 aliphatic carbocycles. The number of amides is 1. The lowest BCUT2D eigenvalue weighted by Gasteiger charge is -2.26. The molecule has 5 rings (SSSR count). The number of carbonyl (C=O) groups excluding carboxylic acids is 1. The number of nitrogens with zero attached hydrogens (tertiary/aromatic N) is 2. The first-order chi connectivity index (χ1) is 16.7. The molecule has 2 aromatic carbocycles. The molecule has 0 spiro atoms. The van der Waals surface area contributed by atoms with E-state index < -0.39 is 6.04 Å². The minimum atomic E-state index is -0.417. The van der Waals surface area contributed by atoms with Crippen LogP contribution in [0, 0.1) is 0 Å². The van der Waals surface area contributed by atoms with Crippen LogP contribution in [0.15, 0.2) is 71.3 Å². The second kappa shape index (κ2) is 9.47. The number of hydrogen-bond acceptors (Lipinski definition) is 5. The second-order valence-electron chi connectivity index (χ2n) is 8.42. The SMILES string of the molecule is CCCCCOc1cccc([C@@H]2c3c(-c4ccccc4O)n[nH]c3C(=O)N2Cc2ccco2)c1. The number of aromatic amines is 1. The van der Waals surface area contributed by atoms with E-state index in [1.165, 1.54) is 0 Å². The highest BCUT2D eigenvalue weighted by molar-refractivity contribution is 6.00. The summed E-state index contributed by atoms with van der Waals surface area (Å²) >= 11 is 0. The highest BCUT2D eigenvalue weighted by Gasteiger charge is 2.43. The molecule has 1 atom stereocenters. The summed E-state index contributed by atoms with van der Waals surface area (Å²) in [7, 11) is 0. The normalized spacial score (nSPS) is 15.0. The molecule has 1 aliphatic heterocycles. The van der Waals surface area contributed by atoms with Gasteiger partial charge in [0, 0.05) is 11.1 Å². The van der Waals surface area contributed by atoms with Gasteiger partial charge in [0.15, 0.2) is 0 Å². The van der Waals surface area contributed by atoms with E-state index in [9.17, 15) is 9.90 Å². The minimum Gasteiger partial charge on any atom is -0.507 e. The molecule has 4 aromatic rings. The van der Waals surface area contributed by atoms with Crippen LogP contribution < -0.4 is 4.74 Å². The van der Waals surface area contributed by atoms with Crippen LogP contribution in [0.4, 0.5) is 0 Å². The van der Waals surface area contributed by atoms with Gasteiger partial charge in [0.1, 0.15) is 28.6 Å². The minimum absolute atomic E-state index is 0.112. The molecule has 0 bridgehead atoms. The topological polar surface area (TPSA) is 91.6 Å². The molecule has 0 saturated carbocycles. The number of para-hydroxylation sites is 1. The fraction of sp³-hybridized carbons (Fsp3) is 0.259. The van der Waals surface area contributed by atoms with E-state index in [0.717, 1.165) is 36.1 Å². The maximum Gasteiger partial charge on any atom is 0.273 e. The maximum atomic E-state index is 13.5. The Balaban J connectivity index is 1.57. The predicted octanol–water partition coefficient (Wildman–Crippen LogP) is 5.69. The quantitative estimate of drug-likeness (QED) is 0.315. The summed E-state index contributed by atoms with van der Waals surface area (Å²) in [5, 5.41) is 17.9. The van der Waals surface area contributed by atoms with Crippen molar-refractivity contribution in [2.24, 2.45) is 0 Å². The van der Waals surface area contributed by atoms with E-state index >= 15 is 0 Å². The average Bonchev–Trinajstić information content (AvgIpc) is 3.57. The van der Waals surface area contributed by atoms with E-state index in [1.54, 1.807) is 29.4 Å². The molecule has 7 heteroatoms. The van der Waals surface area contributed by atoms with Gasteiger partial charge in [-0.1, -0.05) is 44.0 Å². The number of unbranched alkanes of at least 4 members (excludes halogenated alkanes) is 2. The van der Waals surface area contributed by atoms with Crippen molar-refractivity contribution in [1.29, 1.82) is 0 Å². The zero-order valence-electron chi connectivity index (χ0n) is 19.0. The van der Waals surface area contributed by atoms with E-state index in [0.29, 0.717) is 35.9 Å². The first-order valence-electron chi connectivity index (χ1n) is 11.6. The van der Waals surface area contributed by atoms with Gasteiger partial charge in [0.05, 0.1) is 25.5 Å². The molecular weight excluding hydrogens is 430 g/mol. The van der Waals surface area contributed by atoms with Crippen molar-refractivity contribution in [3.63, 3.8) is 0 Å². The monoisotopic (exact) mass is 457 g/mol. The Bertz CT molecular complexity index is 1280. The number of ether oxygens (including phenoxy) is 1. The van der Waals surface area contributed by atoms with Crippen LogP contribution in [0.3, 0.4) is 0 Å². The Kier molecular flexibility index (Phi) is 6.08. The predicted molar refractivity (Wildman–Crippen MR) is 128 cm³/mol. The maximum absolute atomic E-state index is 13.5. The van der Waals surface area contributed by atoms with Crippen molar-refractivity contribution in [3.05, 3.63) is 89.5 Å². The molecule has 1 amide bonds. The Hall–Kier alpha value is -4.00. The van der Waals surface area contributed by atoms with Crippen LogP contribution in [0.5, 0.6) is 11.5 Å². The summed E-state index contributed by atoms with van der Waals surface area (Å²) in [4.78, 5) is 15.2. The van der Waals surface area contributed by atoms with E-state index in [2.05, 4.69) is 17.1 Å². The molecule has 7 nitrogen and oxygen atoms in total. The van der Waals surface area contributed by atoms with Gasteiger partial charge < -0.3 is 19.2 Å². The number of rotatable bonds is 9. The van der Waals surface area contributed by atoms with Crippen molar-refractivity contribution in [2.75, 3.05) is 6.61 Å². The Morgan fingerprint density at radius 1 is 1.12 bits per heavy atom. The molecule has 0 fully saturated rings.